The highest BCUT2D eigenvalue weighted by atomic mass is 32.2. The molecule has 1 aliphatic rings. The average molecular weight is 263 g/mol. The number of nitrogens with zero attached hydrogens (tertiary/aromatic N) is 1. The molecule has 1 fully saturated rings. The van der Waals surface area contributed by atoms with Crippen molar-refractivity contribution < 1.29 is 17.9 Å². The Morgan fingerprint density at radius 3 is 2.53 bits per heavy atom. The minimum atomic E-state index is -2.98. The predicted octanol–water partition coefficient (Wildman–Crippen LogP) is 1.43. The summed E-state index contributed by atoms with van der Waals surface area (Å²) in [7, 11) is -2.98. The van der Waals surface area contributed by atoms with Gasteiger partial charge in [0.25, 0.3) is 0 Å². The predicted molar refractivity (Wildman–Crippen MR) is 65.7 cm³/mol. The van der Waals surface area contributed by atoms with E-state index in [2.05, 4.69) is 0 Å². The average Bonchev–Trinajstić information content (AvgIpc) is 2.59. The molecule has 5 nitrogen and oxygen atoms in total. The second-order valence-corrected chi connectivity index (χ2v) is 6.65. The largest absolute Gasteiger partial charge is 0.450 e. The van der Waals surface area contributed by atoms with Crippen molar-refractivity contribution in [1.29, 1.82) is 0 Å². The number of hydrogen-bond donors (Lipinski definition) is 0. The van der Waals surface area contributed by atoms with E-state index in [1.165, 1.54) is 0 Å². The third-order valence-corrected chi connectivity index (χ3v) is 4.90. The van der Waals surface area contributed by atoms with Gasteiger partial charge in [-0.2, -0.15) is 0 Å². The van der Waals surface area contributed by atoms with Gasteiger partial charge in [-0.05, 0) is 26.7 Å². The topological polar surface area (TPSA) is 63.7 Å². The molecule has 0 radical (unpaired) electrons. The van der Waals surface area contributed by atoms with Crippen molar-refractivity contribution in [3.8, 4) is 0 Å². The van der Waals surface area contributed by atoms with Crippen LogP contribution in [-0.2, 0) is 14.6 Å². The van der Waals surface area contributed by atoms with Gasteiger partial charge in [0.2, 0.25) is 0 Å². The van der Waals surface area contributed by atoms with E-state index in [9.17, 15) is 13.2 Å². The van der Waals surface area contributed by atoms with E-state index in [1.807, 2.05) is 13.8 Å². The van der Waals surface area contributed by atoms with Crippen LogP contribution in [0.5, 0.6) is 0 Å². The molecule has 0 aromatic heterocycles. The fourth-order valence-electron chi connectivity index (χ4n) is 2.08. The Labute approximate surface area is 103 Å². The van der Waals surface area contributed by atoms with E-state index in [0.29, 0.717) is 13.0 Å². The summed E-state index contributed by atoms with van der Waals surface area (Å²) >= 11 is 0. The molecule has 0 saturated carbocycles. The molecule has 0 aromatic carbocycles. The highest BCUT2D eigenvalue weighted by Crippen LogP contribution is 2.21. The maximum atomic E-state index is 11.9. The minimum absolute atomic E-state index is 0.00681. The van der Waals surface area contributed by atoms with Gasteiger partial charge in [-0.25, -0.2) is 13.2 Å². The molecule has 0 N–H and O–H groups in total. The van der Waals surface area contributed by atoms with Gasteiger partial charge in [-0.3, -0.25) is 0 Å². The lowest BCUT2D eigenvalue weighted by atomic mass is 10.1. The van der Waals surface area contributed by atoms with Crippen LogP contribution < -0.4 is 0 Å². The molecule has 2 unspecified atom stereocenters. The third kappa shape index (κ3) is 3.59. The summed E-state index contributed by atoms with van der Waals surface area (Å²) in [4.78, 5) is 13.4. The monoisotopic (exact) mass is 263 g/mol. The van der Waals surface area contributed by atoms with Crippen LogP contribution >= 0.6 is 0 Å². The number of carbonyl (C=O) groups excluding carboxylic acids is 1. The number of hydrogen-bond acceptors (Lipinski definition) is 4. The van der Waals surface area contributed by atoms with Crippen molar-refractivity contribution >= 4 is 15.9 Å². The fourth-order valence-corrected chi connectivity index (χ4v) is 3.79. The zero-order valence-electron chi connectivity index (χ0n) is 10.7. The Hall–Kier alpha value is -0.780. The molecule has 1 amide bonds. The van der Waals surface area contributed by atoms with Gasteiger partial charge in [0.05, 0.1) is 24.2 Å². The first-order valence-corrected chi connectivity index (χ1v) is 7.89. The maximum Gasteiger partial charge on any atom is 0.410 e. The summed E-state index contributed by atoms with van der Waals surface area (Å²) in [5, 5.41) is 0. The summed E-state index contributed by atoms with van der Waals surface area (Å²) in [6.07, 6.45) is 0.907. The smallest absolute Gasteiger partial charge is 0.410 e. The first-order chi connectivity index (χ1) is 7.91. The van der Waals surface area contributed by atoms with Gasteiger partial charge < -0.3 is 9.64 Å². The standard InChI is InChI=1S/C11H21NO4S/c1-4-9(3)12(11(13)16-5-2)10-6-7-17(14,15)8-10/h9-10H,4-8H2,1-3H3. The molecule has 1 saturated heterocycles. The number of carbonyl (C=O) groups is 1. The fraction of sp³-hybridized carbons (Fsp3) is 0.909. The quantitative estimate of drug-likeness (QED) is 0.769. The Kier molecular flexibility index (Phi) is 4.80. The van der Waals surface area contributed by atoms with Crippen molar-refractivity contribution in [3.63, 3.8) is 0 Å². The van der Waals surface area contributed by atoms with E-state index in [-0.39, 0.29) is 23.6 Å². The lowest BCUT2D eigenvalue weighted by molar-refractivity contribution is 0.0766. The normalized spacial score (nSPS) is 24.3. The van der Waals surface area contributed by atoms with E-state index in [4.69, 9.17) is 4.74 Å². The first kappa shape index (κ1) is 14.3. The molecule has 0 spiro atoms. The number of ether oxygens (including phenoxy) is 1. The van der Waals surface area contributed by atoms with Crippen molar-refractivity contribution in [3.05, 3.63) is 0 Å². The summed E-state index contributed by atoms with van der Waals surface area (Å²) in [5.74, 6) is 0.236. The highest BCUT2D eigenvalue weighted by molar-refractivity contribution is 7.91. The van der Waals surface area contributed by atoms with E-state index >= 15 is 0 Å². The minimum Gasteiger partial charge on any atom is -0.450 e. The van der Waals surface area contributed by atoms with Gasteiger partial charge in [-0.1, -0.05) is 6.92 Å². The zero-order valence-corrected chi connectivity index (χ0v) is 11.5. The molecule has 1 rings (SSSR count). The van der Waals surface area contributed by atoms with Crippen molar-refractivity contribution in [2.45, 2.75) is 45.7 Å². The van der Waals surface area contributed by atoms with Crippen LogP contribution in [0.4, 0.5) is 4.79 Å². The van der Waals surface area contributed by atoms with Gasteiger partial charge in [0.15, 0.2) is 9.84 Å². The Morgan fingerprint density at radius 1 is 1.47 bits per heavy atom. The maximum absolute atomic E-state index is 11.9. The number of amides is 1. The van der Waals surface area contributed by atoms with Crippen LogP contribution in [0.25, 0.3) is 0 Å². The Morgan fingerprint density at radius 2 is 2.12 bits per heavy atom. The first-order valence-electron chi connectivity index (χ1n) is 6.06. The summed E-state index contributed by atoms with van der Waals surface area (Å²) in [6, 6.07) is -0.221. The molecular formula is C11H21NO4S. The van der Waals surface area contributed by atoms with Crippen LogP contribution in [0.1, 0.15) is 33.6 Å². The van der Waals surface area contributed by atoms with Crippen molar-refractivity contribution in [1.82, 2.24) is 4.90 Å². The Bertz CT molecular complexity index is 366. The van der Waals surface area contributed by atoms with Gasteiger partial charge in [0.1, 0.15) is 0 Å². The molecule has 1 aliphatic heterocycles. The molecule has 1 heterocycles. The second kappa shape index (κ2) is 5.71. The van der Waals surface area contributed by atoms with Crippen LogP contribution in [0.3, 0.4) is 0 Å². The second-order valence-electron chi connectivity index (χ2n) is 4.42. The van der Waals surface area contributed by atoms with Gasteiger partial charge in [-0.15, -0.1) is 0 Å². The molecule has 17 heavy (non-hydrogen) atoms. The number of rotatable bonds is 4. The van der Waals surface area contributed by atoms with Gasteiger partial charge in [0, 0.05) is 6.04 Å². The molecule has 0 aromatic rings. The molecule has 2 atom stereocenters. The van der Waals surface area contributed by atoms with Crippen LogP contribution in [0, 0.1) is 0 Å². The molecule has 100 valence electrons. The van der Waals surface area contributed by atoms with E-state index in [0.717, 1.165) is 6.42 Å². The lowest BCUT2D eigenvalue weighted by Crippen LogP contribution is -2.46. The van der Waals surface area contributed by atoms with Crippen molar-refractivity contribution in [2.75, 3.05) is 18.1 Å². The molecule has 6 heteroatoms. The summed E-state index contributed by atoms with van der Waals surface area (Å²) < 4.78 is 27.9. The van der Waals surface area contributed by atoms with Crippen molar-refractivity contribution in [2.24, 2.45) is 0 Å². The third-order valence-electron chi connectivity index (χ3n) is 3.15. The summed E-state index contributed by atoms with van der Waals surface area (Å²) in [6.45, 7) is 5.95. The van der Waals surface area contributed by atoms with Gasteiger partial charge >= 0.3 is 6.09 Å². The van der Waals surface area contributed by atoms with Crippen LogP contribution in [0.2, 0.25) is 0 Å². The lowest BCUT2D eigenvalue weighted by Gasteiger charge is -2.32. The molecule has 0 bridgehead atoms. The summed E-state index contributed by atoms with van der Waals surface area (Å²) in [5.41, 5.74) is 0. The van der Waals surface area contributed by atoms with Crippen LogP contribution in [-0.4, -0.2) is 49.6 Å². The number of sulfone groups is 1. The molecule has 0 aliphatic carbocycles. The van der Waals surface area contributed by atoms with E-state index in [1.54, 1.807) is 11.8 Å². The van der Waals surface area contributed by atoms with Crippen LogP contribution in [0.15, 0.2) is 0 Å². The van der Waals surface area contributed by atoms with E-state index < -0.39 is 15.9 Å². The SMILES string of the molecule is CCOC(=O)N(C(C)CC)C1CCS(=O)(=O)C1. The zero-order chi connectivity index (χ0) is 13.1. The highest BCUT2D eigenvalue weighted by Gasteiger charge is 2.37. The Balaban J connectivity index is 2.80. The molecular weight excluding hydrogens is 242 g/mol.